The molecule has 0 aliphatic carbocycles. The van der Waals surface area contributed by atoms with Crippen LogP contribution in [0.1, 0.15) is 24.1 Å². The third-order valence-corrected chi connectivity index (χ3v) is 5.02. The molecule has 6 nitrogen and oxygen atoms in total. The van der Waals surface area contributed by atoms with Gasteiger partial charge >= 0.3 is 12.0 Å². The minimum absolute atomic E-state index is 0.326. The SMILES string of the molecule is COC(=O)C1=C(C)NC(=O)NC1c1ccc(OCc2ccc(Cl)c(Cl)c2)cc1. The van der Waals surface area contributed by atoms with E-state index in [1.165, 1.54) is 7.11 Å². The molecule has 1 heterocycles. The molecule has 8 heteroatoms. The van der Waals surface area contributed by atoms with Crippen molar-refractivity contribution < 1.29 is 19.1 Å². The molecule has 0 bridgehead atoms. The summed E-state index contributed by atoms with van der Waals surface area (Å²) in [6, 6.07) is 11.4. The number of carbonyl (C=O) groups excluding carboxylic acids is 2. The highest BCUT2D eigenvalue weighted by Crippen LogP contribution is 2.29. The van der Waals surface area contributed by atoms with Gasteiger partial charge in [-0.1, -0.05) is 41.4 Å². The van der Waals surface area contributed by atoms with Gasteiger partial charge in [0.25, 0.3) is 0 Å². The number of benzene rings is 2. The predicted molar refractivity (Wildman–Crippen MR) is 106 cm³/mol. The third kappa shape index (κ3) is 4.40. The van der Waals surface area contributed by atoms with E-state index < -0.39 is 12.0 Å². The first-order valence-corrected chi connectivity index (χ1v) is 9.18. The smallest absolute Gasteiger partial charge is 0.337 e. The molecule has 0 fully saturated rings. The number of methoxy groups -OCH3 is 1. The van der Waals surface area contributed by atoms with E-state index in [2.05, 4.69) is 10.6 Å². The number of allylic oxidation sites excluding steroid dienone is 1. The number of carbonyl (C=O) groups is 2. The van der Waals surface area contributed by atoms with Gasteiger partial charge in [-0.3, -0.25) is 0 Å². The highest BCUT2D eigenvalue weighted by Gasteiger charge is 2.31. The Morgan fingerprint density at radius 3 is 2.46 bits per heavy atom. The lowest BCUT2D eigenvalue weighted by atomic mass is 9.95. The number of halogens is 2. The molecule has 2 aromatic carbocycles. The van der Waals surface area contributed by atoms with Crippen LogP contribution in [0.5, 0.6) is 5.75 Å². The second-order valence-corrected chi connectivity index (χ2v) is 6.98. The van der Waals surface area contributed by atoms with Crippen molar-refractivity contribution in [2.75, 3.05) is 7.11 Å². The summed E-state index contributed by atoms with van der Waals surface area (Å²) in [4.78, 5) is 24.0. The van der Waals surface area contributed by atoms with E-state index in [-0.39, 0.29) is 6.03 Å². The first-order valence-electron chi connectivity index (χ1n) is 8.42. The van der Waals surface area contributed by atoms with Crippen LogP contribution in [0.4, 0.5) is 4.79 Å². The molecule has 2 amide bonds. The minimum atomic E-state index is -0.606. The summed E-state index contributed by atoms with van der Waals surface area (Å²) in [7, 11) is 1.30. The molecule has 2 N–H and O–H groups in total. The molecule has 1 unspecified atom stereocenters. The Balaban J connectivity index is 1.75. The lowest BCUT2D eigenvalue weighted by Gasteiger charge is -2.27. The van der Waals surface area contributed by atoms with E-state index >= 15 is 0 Å². The third-order valence-electron chi connectivity index (χ3n) is 4.28. The van der Waals surface area contributed by atoms with Crippen molar-refractivity contribution >= 4 is 35.2 Å². The number of urea groups is 1. The van der Waals surface area contributed by atoms with Gasteiger partial charge < -0.3 is 20.1 Å². The average Bonchev–Trinajstić information content (AvgIpc) is 2.68. The van der Waals surface area contributed by atoms with Crippen LogP contribution in [-0.4, -0.2) is 19.1 Å². The van der Waals surface area contributed by atoms with Crippen molar-refractivity contribution in [1.82, 2.24) is 10.6 Å². The van der Waals surface area contributed by atoms with Crippen LogP contribution in [-0.2, 0) is 16.1 Å². The second kappa shape index (κ2) is 8.54. The molecule has 0 spiro atoms. The Bertz CT molecular complexity index is 942. The van der Waals surface area contributed by atoms with E-state index in [4.69, 9.17) is 32.7 Å². The zero-order valence-electron chi connectivity index (χ0n) is 15.2. The Labute approximate surface area is 172 Å². The van der Waals surface area contributed by atoms with E-state index in [9.17, 15) is 9.59 Å². The minimum Gasteiger partial charge on any atom is -0.489 e. The van der Waals surface area contributed by atoms with Gasteiger partial charge in [-0.2, -0.15) is 0 Å². The van der Waals surface area contributed by atoms with Crippen LogP contribution in [0, 0.1) is 0 Å². The van der Waals surface area contributed by atoms with Gasteiger partial charge in [0.05, 0.1) is 28.8 Å². The molecular weight excluding hydrogens is 403 g/mol. The van der Waals surface area contributed by atoms with Crippen molar-refractivity contribution in [1.29, 1.82) is 0 Å². The van der Waals surface area contributed by atoms with Crippen molar-refractivity contribution in [2.24, 2.45) is 0 Å². The number of hydrogen-bond acceptors (Lipinski definition) is 4. The van der Waals surface area contributed by atoms with Crippen molar-refractivity contribution in [3.05, 3.63) is 74.9 Å². The highest BCUT2D eigenvalue weighted by molar-refractivity contribution is 6.42. The summed E-state index contributed by atoms with van der Waals surface area (Å²) >= 11 is 11.9. The van der Waals surface area contributed by atoms with Crippen LogP contribution in [0.25, 0.3) is 0 Å². The fourth-order valence-corrected chi connectivity index (χ4v) is 3.20. The fraction of sp³-hybridized carbons (Fsp3) is 0.200. The molecule has 0 saturated carbocycles. The van der Waals surface area contributed by atoms with Gasteiger partial charge in [-0.25, -0.2) is 9.59 Å². The standard InChI is InChI=1S/C20H18Cl2N2O4/c1-11-17(19(25)27-2)18(24-20(26)23-11)13-4-6-14(7-5-13)28-10-12-3-8-15(21)16(22)9-12/h3-9,18H,10H2,1-2H3,(H2,23,24,26). The molecule has 28 heavy (non-hydrogen) atoms. The van der Waals surface area contributed by atoms with Gasteiger partial charge in [0.1, 0.15) is 12.4 Å². The number of hydrogen-bond donors (Lipinski definition) is 2. The summed E-state index contributed by atoms with van der Waals surface area (Å²) in [5.41, 5.74) is 2.43. The summed E-state index contributed by atoms with van der Waals surface area (Å²) in [6.07, 6.45) is 0. The fourth-order valence-electron chi connectivity index (χ4n) is 2.88. The van der Waals surface area contributed by atoms with Crippen molar-refractivity contribution in [2.45, 2.75) is 19.6 Å². The maximum Gasteiger partial charge on any atom is 0.337 e. The molecule has 0 saturated heterocycles. The van der Waals surface area contributed by atoms with Crippen molar-refractivity contribution in [3.63, 3.8) is 0 Å². The van der Waals surface area contributed by atoms with Crippen molar-refractivity contribution in [3.8, 4) is 5.75 Å². The number of nitrogens with one attached hydrogen (secondary N) is 2. The molecule has 1 aliphatic heterocycles. The molecule has 146 valence electrons. The Morgan fingerprint density at radius 1 is 1.11 bits per heavy atom. The van der Waals surface area contributed by atoms with Gasteiger partial charge in [-0.15, -0.1) is 0 Å². The van der Waals surface area contributed by atoms with Gasteiger partial charge in [-0.05, 0) is 42.3 Å². The Hall–Kier alpha value is -2.70. The maximum atomic E-state index is 12.1. The largest absolute Gasteiger partial charge is 0.489 e. The number of ether oxygens (including phenoxy) is 2. The lowest BCUT2D eigenvalue weighted by Crippen LogP contribution is -2.45. The van der Waals surface area contributed by atoms with Crippen LogP contribution in [0.3, 0.4) is 0 Å². The topological polar surface area (TPSA) is 76.7 Å². The molecular formula is C20H18Cl2N2O4. The normalized spacial score (nSPS) is 16.3. The summed E-state index contributed by atoms with van der Waals surface area (Å²) < 4.78 is 10.6. The zero-order valence-corrected chi connectivity index (χ0v) is 16.7. The quantitative estimate of drug-likeness (QED) is 0.703. The summed E-state index contributed by atoms with van der Waals surface area (Å²) in [5, 5.41) is 6.29. The summed E-state index contributed by atoms with van der Waals surface area (Å²) in [5.74, 6) is 0.130. The van der Waals surface area contributed by atoms with E-state index in [0.29, 0.717) is 33.7 Å². The molecule has 3 rings (SSSR count). The molecule has 2 aromatic rings. The number of amides is 2. The van der Waals surface area contributed by atoms with E-state index in [1.807, 2.05) is 6.07 Å². The lowest BCUT2D eigenvalue weighted by molar-refractivity contribution is -0.136. The van der Waals surface area contributed by atoms with E-state index in [0.717, 1.165) is 11.1 Å². The second-order valence-electron chi connectivity index (χ2n) is 6.17. The first kappa shape index (κ1) is 20.0. The summed E-state index contributed by atoms with van der Waals surface area (Å²) in [6.45, 7) is 1.99. The van der Waals surface area contributed by atoms with Gasteiger partial charge in [0.2, 0.25) is 0 Å². The number of rotatable bonds is 5. The molecule has 1 aliphatic rings. The van der Waals surface area contributed by atoms with Crippen LogP contribution >= 0.6 is 23.2 Å². The van der Waals surface area contributed by atoms with Crippen LogP contribution < -0.4 is 15.4 Å². The van der Waals surface area contributed by atoms with E-state index in [1.54, 1.807) is 43.3 Å². The molecule has 1 atom stereocenters. The van der Waals surface area contributed by atoms with Crippen LogP contribution in [0.15, 0.2) is 53.7 Å². The van der Waals surface area contributed by atoms with Crippen LogP contribution in [0.2, 0.25) is 10.0 Å². The Morgan fingerprint density at radius 2 is 1.82 bits per heavy atom. The molecule has 0 aromatic heterocycles. The zero-order chi connectivity index (χ0) is 20.3. The Kier molecular flexibility index (Phi) is 6.11. The predicted octanol–water partition coefficient (Wildman–Crippen LogP) is 4.37. The number of esters is 1. The highest BCUT2D eigenvalue weighted by atomic mass is 35.5. The average molecular weight is 421 g/mol. The van der Waals surface area contributed by atoms with Gasteiger partial charge in [0.15, 0.2) is 0 Å². The monoisotopic (exact) mass is 420 g/mol. The molecule has 0 radical (unpaired) electrons. The van der Waals surface area contributed by atoms with Gasteiger partial charge in [0, 0.05) is 5.70 Å². The first-order chi connectivity index (χ1) is 13.4. The maximum absolute atomic E-state index is 12.1.